The van der Waals surface area contributed by atoms with E-state index >= 15 is 0 Å². The van der Waals surface area contributed by atoms with E-state index in [4.69, 9.17) is 5.84 Å². The number of nitrogens with two attached hydrogens (primary N) is 1. The predicted molar refractivity (Wildman–Crippen MR) is 51.5 cm³/mol. The Morgan fingerprint density at radius 1 is 1.64 bits per heavy atom. The summed E-state index contributed by atoms with van der Waals surface area (Å²) in [6.07, 6.45) is 0.114. The minimum absolute atomic E-state index is 0.114. The Morgan fingerprint density at radius 3 is 2.71 bits per heavy atom. The van der Waals surface area contributed by atoms with Crippen molar-refractivity contribution in [2.24, 2.45) is 11.8 Å². The Labute approximate surface area is 83.5 Å². The highest BCUT2D eigenvalue weighted by Gasteiger charge is 2.33. The molecule has 1 fully saturated rings. The number of amides is 1. The first-order valence-corrected chi connectivity index (χ1v) is 6.04. The van der Waals surface area contributed by atoms with E-state index in [1.165, 1.54) is 4.31 Å². The summed E-state index contributed by atoms with van der Waals surface area (Å²) in [6, 6.07) is 0. The molecule has 14 heavy (non-hydrogen) atoms. The number of carbonyl (C=O) groups is 1. The molecule has 1 atom stereocenters. The van der Waals surface area contributed by atoms with Gasteiger partial charge in [0.1, 0.15) is 0 Å². The molecule has 0 saturated carbocycles. The molecule has 0 aliphatic carbocycles. The van der Waals surface area contributed by atoms with Crippen molar-refractivity contribution in [3.05, 3.63) is 0 Å². The molecule has 1 amide bonds. The second-order valence-electron chi connectivity index (χ2n) is 3.56. The van der Waals surface area contributed by atoms with Gasteiger partial charge < -0.3 is 0 Å². The molecule has 82 valence electrons. The number of sulfonamides is 1. The zero-order valence-corrected chi connectivity index (χ0v) is 8.88. The summed E-state index contributed by atoms with van der Waals surface area (Å²) < 4.78 is 24.2. The summed E-state index contributed by atoms with van der Waals surface area (Å²) in [4.78, 5) is 10.8. The highest BCUT2D eigenvalue weighted by Crippen LogP contribution is 2.18. The molecule has 0 radical (unpaired) electrons. The minimum atomic E-state index is -3.13. The fraction of sp³-hybridized carbons (Fsp3) is 0.857. The number of hydrazine groups is 1. The van der Waals surface area contributed by atoms with Crippen LogP contribution in [0.2, 0.25) is 0 Å². The Morgan fingerprint density at radius 2 is 2.29 bits per heavy atom. The van der Waals surface area contributed by atoms with Crippen LogP contribution in [-0.4, -0.2) is 37.5 Å². The van der Waals surface area contributed by atoms with Gasteiger partial charge in [0.05, 0.1) is 5.75 Å². The first-order chi connectivity index (χ1) is 6.45. The van der Waals surface area contributed by atoms with Gasteiger partial charge in [-0.2, -0.15) is 0 Å². The van der Waals surface area contributed by atoms with Gasteiger partial charge in [0.25, 0.3) is 0 Å². The fourth-order valence-electron chi connectivity index (χ4n) is 1.51. The van der Waals surface area contributed by atoms with Crippen molar-refractivity contribution in [3.63, 3.8) is 0 Å². The zero-order valence-electron chi connectivity index (χ0n) is 8.06. The van der Waals surface area contributed by atoms with Crippen molar-refractivity contribution in [1.29, 1.82) is 0 Å². The van der Waals surface area contributed by atoms with Gasteiger partial charge in [-0.1, -0.05) is 6.92 Å². The molecule has 1 aliphatic rings. The molecule has 1 unspecified atom stereocenters. The van der Waals surface area contributed by atoms with Crippen molar-refractivity contribution in [2.75, 3.05) is 18.8 Å². The third kappa shape index (κ3) is 2.66. The number of hydrogen-bond donors (Lipinski definition) is 2. The van der Waals surface area contributed by atoms with E-state index in [1.807, 2.05) is 12.3 Å². The van der Waals surface area contributed by atoms with Crippen LogP contribution in [0.15, 0.2) is 0 Å². The lowest BCUT2D eigenvalue weighted by Gasteiger charge is -2.13. The molecule has 1 aliphatic heterocycles. The van der Waals surface area contributed by atoms with Crippen LogP contribution in [0.25, 0.3) is 0 Å². The summed E-state index contributed by atoms with van der Waals surface area (Å²) in [5.74, 6) is 4.85. The maximum absolute atomic E-state index is 11.4. The second-order valence-corrected chi connectivity index (χ2v) is 5.57. The average molecular weight is 221 g/mol. The third-order valence-corrected chi connectivity index (χ3v) is 4.26. The van der Waals surface area contributed by atoms with Gasteiger partial charge in [0, 0.05) is 19.5 Å². The van der Waals surface area contributed by atoms with Crippen LogP contribution < -0.4 is 11.3 Å². The molecule has 0 bridgehead atoms. The summed E-state index contributed by atoms with van der Waals surface area (Å²) in [6.45, 7) is 2.59. The summed E-state index contributed by atoms with van der Waals surface area (Å²) in [7, 11) is -3.13. The van der Waals surface area contributed by atoms with Gasteiger partial charge in [-0.25, -0.2) is 18.6 Å². The van der Waals surface area contributed by atoms with E-state index < -0.39 is 10.0 Å². The topological polar surface area (TPSA) is 92.5 Å². The van der Waals surface area contributed by atoms with Gasteiger partial charge in [0.2, 0.25) is 15.9 Å². The highest BCUT2D eigenvalue weighted by molar-refractivity contribution is 7.89. The molecule has 3 N–H and O–H groups in total. The Kier molecular flexibility index (Phi) is 3.46. The van der Waals surface area contributed by atoms with Crippen molar-refractivity contribution in [2.45, 2.75) is 13.3 Å². The Hall–Kier alpha value is -0.660. The quantitative estimate of drug-likeness (QED) is 0.350. The second kappa shape index (κ2) is 4.24. The van der Waals surface area contributed by atoms with Crippen molar-refractivity contribution < 1.29 is 13.2 Å². The van der Waals surface area contributed by atoms with Gasteiger partial charge in [0.15, 0.2) is 0 Å². The van der Waals surface area contributed by atoms with Crippen LogP contribution in [0.1, 0.15) is 13.3 Å². The average Bonchev–Trinajstić information content (AvgIpc) is 2.35. The molecule has 1 saturated heterocycles. The Bertz CT molecular complexity index is 314. The van der Waals surface area contributed by atoms with Crippen LogP contribution in [0.3, 0.4) is 0 Å². The third-order valence-electron chi connectivity index (χ3n) is 2.15. The number of nitrogens with one attached hydrogen (secondary N) is 1. The van der Waals surface area contributed by atoms with Crippen molar-refractivity contribution in [3.8, 4) is 0 Å². The number of rotatable bonds is 3. The molecular formula is C7H15N3O3S. The summed E-state index contributed by atoms with van der Waals surface area (Å²) >= 11 is 0. The first kappa shape index (κ1) is 11.4. The van der Waals surface area contributed by atoms with Gasteiger partial charge in [-0.15, -0.1) is 0 Å². The van der Waals surface area contributed by atoms with Gasteiger partial charge in [-0.3, -0.25) is 10.2 Å². The highest BCUT2D eigenvalue weighted by atomic mass is 32.2. The summed E-state index contributed by atoms with van der Waals surface area (Å²) in [5, 5.41) is 0. The van der Waals surface area contributed by atoms with E-state index in [0.717, 1.165) is 0 Å². The molecule has 0 aromatic carbocycles. The predicted octanol–water partition coefficient (Wildman–Crippen LogP) is -1.35. The molecule has 0 spiro atoms. The van der Waals surface area contributed by atoms with Crippen molar-refractivity contribution in [1.82, 2.24) is 9.73 Å². The molecule has 1 rings (SSSR count). The number of nitrogens with zero attached hydrogens (tertiary/aromatic N) is 1. The van der Waals surface area contributed by atoms with Gasteiger partial charge in [-0.05, 0) is 5.92 Å². The fourth-order valence-corrected chi connectivity index (χ4v) is 3.39. The maximum Gasteiger partial charge on any atom is 0.235 e. The lowest BCUT2D eigenvalue weighted by molar-refractivity contribution is -0.121. The standard InChI is InChI=1S/C7H15N3O3S/c1-6-4-10(14(12,13)5-6)3-2-7(11)9-8/h6H,2-5,8H2,1H3,(H,9,11). The number of carbonyl (C=O) groups excluding carboxylic acids is 1. The van der Waals surface area contributed by atoms with E-state index in [-0.39, 0.29) is 30.5 Å². The van der Waals surface area contributed by atoms with Crippen LogP contribution >= 0.6 is 0 Å². The molecule has 0 aromatic rings. The monoisotopic (exact) mass is 221 g/mol. The lowest BCUT2D eigenvalue weighted by atomic mass is 10.2. The first-order valence-electron chi connectivity index (χ1n) is 4.43. The van der Waals surface area contributed by atoms with E-state index in [9.17, 15) is 13.2 Å². The van der Waals surface area contributed by atoms with Crippen LogP contribution in [0, 0.1) is 5.92 Å². The summed E-state index contributed by atoms with van der Waals surface area (Å²) in [5.41, 5.74) is 1.97. The zero-order chi connectivity index (χ0) is 10.8. The minimum Gasteiger partial charge on any atom is -0.294 e. The number of hydrogen-bond acceptors (Lipinski definition) is 4. The van der Waals surface area contributed by atoms with E-state index in [1.54, 1.807) is 0 Å². The Balaban J connectivity index is 2.50. The SMILES string of the molecule is CC1CN(CCC(=O)NN)S(=O)(=O)C1. The lowest BCUT2D eigenvalue weighted by Crippen LogP contribution is -2.35. The van der Waals surface area contributed by atoms with E-state index in [2.05, 4.69) is 0 Å². The maximum atomic E-state index is 11.4. The van der Waals surface area contributed by atoms with Crippen molar-refractivity contribution >= 4 is 15.9 Å². The molecule has 1 heterocycles. The normalized spacial score (nSPS) is 26.3. The molecule has 0 aromatic heterocycles. The molecule has 7 heteroatoms. The van der Waals surface area contributed by atoms with Gasteiger partial charge >= 0.3 is 0 Å². The van der Waals surface area contributed by atoms with Crippen LogP contribution in [0.5, 0.6) is 0 Å². The molecule has 6 nitrogen and oxygen atoms in total. The largest absolute Gasteiger partial charge is 0.294 e. The smallest absolute Gasteiger partial charge is 0.235 e. The van der Waals surface area contributed by atoms with Crippen LogP contribution in [0.4, 0.5) is 0 Å². The van der Waals surface area contributed by atoms with E-state index in [0.29, 0.717) is 6.54 Å². The van der Waals surface area contributed by atoms with Crippen LogP contribution in [-0.2, 0) is 14.8 Å². The molecular weight excluding hydrogens is 206 g/mol.